The van der Waals surface area contributed by atoms with Crippen molar-refractivity contribution in [3.63, 3.8) is 0 Å². The van der Waals surface area contributed by atoms with Crippen LogP contribution in [-0.4, -0.2) is 48.5 Å². The first-order valence-electron chi connectivity index (χ1n) is 7.42. The van der Waals surface area contributed by atoms with Crippen LogP contribution in [0, 0.1) is 17.2 Å². The lowest BCUT2D eigenvalue weighted by molar-refractivity contribution is -0.121. The van der Waals surface area contributed by atoms with Gasteiger partial charge in [-0.3, -0.25) is 9.69 Å². The van der Waals surface area contributed by atoms with Crippen LogP contribution in [0.2, 0.25) is 0 Å². The van der Waals surface area contributed by atoms with E-state index in [1.54, 1.807) is 24.4 Å². The normalized spacial score (nSPS) is 17.7. The average molecular weight is 299 g/mol. The maximum absolute atomic E-state index is 11.7. The molecule has 0 aliphatic carbocycles. The van der Waals surface area contributed by atoms with Crippen molar-refractivity contribution in [2.24, 2.45) is 5.92 Å². The summed E-state index contributed by atoms with van der Waals surface area (Å²) in [5.74, 6) is 1.12. The fourth-order valence-electron chi connectivity index (χ4n) is 2.55. The second-order valence-corrected chi connectivity index (χ2v) is 5.37. The number of anilines is 1. The molecule has 0 saturated carbocycles. The summed E-state index contributed by atoms with van der Waals surface area (Å²) in [4.78, 5) is 18.0. The van der Waals surface area contributed by atoms with Crippen LogP contribution >= 0.6 is 0 Å². The van der Waals surface area contributed by atoms with E-state index in [9.17, 15) is 4.79 Å². The molecule has 116 valence electrons. The molecule has 6 heteroatoms. The first-order chi connectivity index (χ1) is 10.7. The zero-order valence-electron chi connectivity index (χ0n) is 12.6. The maximum atomic E-state index is 11.7. The molecule has 1 saturated heterocycles. The molecule has 1 fully saturated rings. The Kier molecular flexibility index (Phi) is 5.92. The Balaban J connectivity index is 1.76. The molecule has 0 radical (unpaired) electrons. The van der Waals surface area contributed by atoms with Gasteiger partial charge in [0.25, 0.3) is 0 Å². The van der Waals surface area contributed by atoms with Crippen LogP contribution in [0.1, 0.15) is 12.0 Å². The van der Waals surface area contributed by atoms with Crippen molar-refractivity contribution < 1.29 is 4.79 Å². The molecule has 2 rings (SSSR count). The Labute approximate surface area is 130 Å². The van der Waals surface area contributed by atoms with Gasteiger partial charge in [0.2, 0.25) is 5.91 Å². The molecule has 6 nitrogen and oxygen atoms in total. The second kappa shape index (κ2) is 8.15. The van der Waals surface area contributed by atoms with E-state index in [0.717, 1.165) is 26.1 Å². The van der Waals surface area contributed by atoms with E-state index < -0.39 is 0 Å². The largest absolute Gasteiger partial charge is 0.369 e. The Morgan fingerprint density at radius 1 is 1.64 bits per heavy atom. The molecule has 0 bridgehead atoms. The van der Waals surface area contributed by atoms with Gasteiger partial charge in [0.05, 0.1) is 12.1 Å². The summed E-state index contributed by atoms with van der Waals surface area (Å²) in [5, 5.41) is 15.1. The predicted molar refractivity (Wildman–Crippen MR) is 85.2 cm³/mol. The van der Waals surface area contributed by atoms with Crippen molar-refractivity contribution in [1.82, 2.24) is 15.2 Å². The van der Waals surface area contributed by atoms with E-state index in [-0.39, 0.29) is 5.91 Å². The van der Waals surface area contributed by atoms with Gasteiger partial charge >= 0.3 is 0 Å². The minimum absolute atomic E-state index is 0.0324. The standard InChI is InChI=1S/C16H21N5O/c1-2-6-18-15(22)12-21-8-5-13(11-21)10-20-16-14(9-17)4-3-7-19-16/h2-4,7,13H,1,5-6,8,10-12H2,(H,18,22)(H,19,20). The van der Waals surface area contributed by atoms with Crippen LogP contribution in [-0.2, 0) is 4.79 Å². The number of amides is 1. The number of rotatable bonds is 7. The zero-order valence-corrected chi connectivity index (χ0v) is 12.6. The van der Waals surface area contributed by atoms with Gasteiger partial charge in [-0.25, -0.2) is 4.98 Å². The van der Waals surface area contributed by atoms with E-state index in [4.69, 9.17) is 5.26 Å². The van der Waals surface area contributed by atoms with Crippen molar-refractivity contribution in [1.29, 1.82) is 5.26 Å². The molecule has 1 atom stereocenters. The summed E-state index contributed by atoms with van der Waals surface area (Å²) in [5.41, 5.74) is 0.557. The highest BCUT2D eigenvalue weighted by Gasteiger charge is 2.23. The maximum Gasteiger partial charge on any atom is 0.234 e. The van der Waals surface area contributed by atoms with E-state index in [1.165, 1.54) is 0 Å². The van der Waals surface area contributed by atoms with Gasteiger partial charge in [-0.15, -0.1) is 6.58 Å². The fourth-order valence-corrected chi connectivity index (χ4v) is 2.55. The zero-order chi connectivity index (χ0) is 15.8. The van der Waals surface area contributed by atoms with Crippen molar-refractivity contribution in [3.05, 3.63) is 36.5 Å². The van der Waals surface area contributed by atoms with E-state index in [0.29, 0.717) is 30.4 Å². The van der Waals surface area contributed by atoms with Crippen molar-refractivity contribution in [3.8, 4) is 6.07 Å². The second-order valence-electron chi connectivity index (χ2n) is 5.37. The highest BCUT2D eigenvalue weighted by Crippen LogP contribution is 2.17. The van der Waals surface area contributed by atoms with Gasteiger partial charge in [-0.2, -0.15) is 5.26 Å². The third kappa shape index (κ3) is 4.57. The highest BCUT2D eigenvalue weighted by molar-refractivity contribution is 5.78. The smallest absolute Gasteiger partial charge is 0.234 e. The molecule has 1 unspecified atom stereocenters. The average Bonchev–Trinajstić information content (AvgIpc) is 2.98. The van der Waals surface area contributed by atoms with Crippen molar-refractivity contribution in [2.75, 3.05) is 38.0 Å². The van der Waals surface area contributed by atoms with Gasteiger partial charge in [-0.05, 0) is 31.0 Å². The number of pyridine rings is 1. The minimum atomic E-state index is 0.0324. The summed E-state index contributed by atoms with van der Waals surface area (Å²) < 4.78 is 0. The number of nitrogens with zero attached hydrogens (tertiary/aromatic N) is 3. The molecular formula is C16H21N5O. The van der Waals surface area contributed by atoms with Gasteiger partial charge in [0, 0.05) is 25.8 Å². The number of hydrogen-bond acceptors (Lipinski definition) is 5. The van der Waals surface area contributed by atoms with Crippen LogP contribution in [0.15, 0.2) is 31.0 Å². The highest BCUT2D eigenvalue weighted by atomic mass is 16.2. The lowest BCUT2D eigenvalue weighted by Gasteiger charge is -2.16. The number of nitrogens with one attached hydrogen (secondary N) is 2. The fraction of sp³-hybridized carbons (Fsp3) is 0.438. The summed E-state index contributed by atoms with van der Waals surface area (Å²) >= 11 is 0. The van der Waals surface area contributed by atoms with E-state index >= 15 is 0 Å². The van der Waals surface area contributed by atoms with Crippen molar-refractivity contribution >= 4 is 11.7 Å². The lowest BCUT2D eigenvalue weighted by atomic mass is 10.1. The molecular weight excluding hydrogens is 278 g/mol. The SMILES string of the molecule is C=CCNC(=O)CN1CCC(CNc2ncccc2C#N)C1. The van der Waals surface area contributed by atoms with Gasteiger partial charge in [0.1, 0.15) is 11.9 Å². The summed E-state index contributed by atoms with van der Waals surface area (Å²) in [6, 6.07) is 5.63. The topological polar surface area (TPSA) is 81.1 Å². The number of carbonyl (C=O) groups excluding carboxylic acids is 1. The molecule has 1 aromatic heterocycles. The van der Waals surface area contributed by atoms with Crippen LogP contribution in [0.4, 0.5) is 5.82 Å². The van der Waals surface area contributed by atoms with E-state index in [1.807, 2.05) is 0 Å². The van der Waals surface area contributed by atoms with Crippen molar-refractivity contribution in [2.45, 2.75) is 6.42 Å². The molecule has 2 N–H and O–H groups in total. The third-order valence-corrected chi connectivity index (χ3v) is 3.67. The molecule has 0 aromatic carbocycles. The lowest BCUT2D eigenvalue weighted by Crippen LogP contribution is -2.36. The summed E-state index contributed by atoms with van der Waals surface area (Å²) in [6.45, 7) is 7.07. The van der Waals surface area contributed by atoms with Crippen LogP contribution in [0.5, 0.6) is 0 Å². The molecule has 1 aromatic rings. The van der Waals surface area contributed by atoms with Gasteiger partial charge in [0.15, 0.2) is 0 Å². The first kappa shape index (κ1) is 16.0. The number of carbonyl (C=O) groups is 1. The number of likely N-dealkylation sites (tertiary alicyclic amines) is 1. The van der Waals surface area contributed by atoms with Crippen LogP contribution < -0.4 is 10.6 Å². The molecule has 1 amide bonds. The Morgan fingerprint density at radius 2 is 2.50 bits per heavy atom. The minimum Gasteiger partial charge on any atom is -0.369 e. The molecule has 0 spiro atoms. The summed E-state index contributed by atoms with van der Waals surface area (Å²) in [7, 11) is 0. The van der Waals surface area contributed by atoms with Crippen LogP contribution in [0.3, 0.4) is 0 Å². The Morgan fingerprint density at radius 3 is 3.27 bits per heavy atom. The first-order valence-corrected chi connectivity index (χ1v) is 7.42. The quantitative estimate of drug-likeness (QED) is 0.734. The Bertz CT molecular complexity index is 566. The summed E-state index contributed by atoms with van der Waals surface area (Å²) in [6.07, 6.45) is 4.39. The molecule has 2 heterocycles. The van der Waals surface area contributed by atoms with Crippen LogP contribution in [0.25, 0.3) is 0 Å². The van der Waals surface area contributed by atoms with Gasteiger partial charge < -0.3 is 10.6 Å². The van der Waals surface area contributed by atoms with Gasteiger partial charge in [-0.1, -0.05) is 6.08 Å². The molecule has 1 aliphatic heterocycles. The predicted octanol–water partition coefficient (Wildman–Crippen LogP) is 0.989. The third-order valence-electron chi connectivity index (χ3n) is 3.67. The number of nitriles is 1. The number of hydrogen-bond donors (Lipinski definition) is 2. The monoisotopic (exact) mass is 299 g/mol. The number of aromatic nitrogens is 1. The molecule has 22 heavy (non-hydrogen) atoms. The van der Waals surface area contributed by atoms with E-state index in [2.05, 4.69) is 33.2 Å². The Hall–Kier alpha value is -2.39. The molecule has 1 aliphatic rings.